The van der Waals surface area contributed by atoms with Crippen LogP contribution >= 0.6 is 0 Å². The van der Waals surface area contributed by atoms with Crippen LogP contribution in [0.15, 0.2) is 78.9 Å². The van der Waals surface area contributed by atoms with E-state index in [2.05, 4.69) is 101 Å². The van der Waals surface area contributed by atoms with E-state index < -0.39 is 0 Å². The Hall–Kier alpha value is -3.27. The summed E-state index contributed by atoms with van der Waals surface area (Å²) < 4.78 is 0. The van der Waals surface area contributed by atoms with Crippen LogP contribution in [0.5, 0.6) is 0 Å². The number of hydrogen-bond acceptors (Lipinski definition) is 3. The minimum absolute atomic E-state index is 0.232. The Morgan fingerprint density at radius 2 is 1.38 bits per heavy atom. The van der Waals surface area contributed by atoms with Gasteiger partial charge in [-0.3, -0.25) is 0 Å². The second-order valence-corrected chi connectivity index (χ2v) is 6.82. The highest BCUT2D eigenvalue weighted by Gasteiger charge is 2.30. The van der Waals surface area contributed by atoms with Gasteiger partial charge in [-0.2, -0.15) is 5.21 Å². The maximum absolute atomic E-state index is 4.24. The van der Waals surface area contributed by atoms with Gasteiger partial charge in [0.2, 0.25) is 5.82 Å². The fraction of sp³-hybridized carbons (Fsp3) is 0.136. The van der Waals surface area contributed by atoms with Crippen molar-refractivity contribution < 1.29 is 0 Å². The number of H-pyrrole nitrogens is 1. The Balaban J connectivity index is 2.02. The van der Waals surface area contributed by atoms with Gasteiger partial charge in [0.05, 0.1) is 0 Å². The molecule has 4 rings (SSSR count). The third kappa shape index (κ3) is 2.80. The van der Waals surface area contributed by atoms with Gasteiger partial charge < -0.3 is 0 Å². The Morgan fingerprint density at radius 1 is 0.731 bits per heavy atom. The maximum atomic E-state index is 4.24. The second kappa shape index (κ2) is 6.56. The van der Waals surface area contributed by atoms with Crippen LogP contribution in [0.3, 0.4) is 0 Å². The van der Waals surface area contributed by atoms with Crippen molar-refractivity contribution in [2.24, 2.45) is 0 Å². The topological polar surface area (TPSA) is 54.5 Å². The van der Waals surface area contributed by atoms with Crippen LogP contribution in [-0.4, -0.2) is 20.6 Å². The SMILES string of the molecule is CC(C)(c1ccccc1)c1c(-c2ccccc2)cccc1-c1nn[nH]n1. The van der Waals surface area contributed by atoms with Crippen molar-refractivity contribution >= 4 is 0 Å². The third-order valence-corrected chi connectivity index (χ3v) is 4.86. The average molecular weight is 340 g/mol. The number of aromatic amines is 1. The molecule has 1 N–H and O–H groups in total. The Morgan fingerprint density at radius 3 is 2.04 bits per heavy atom. The van der Waals surface area contributed by atoms with Gasteiger partial charge in [0.25, 0.3) is 0 Å². The zero-order valence-corrected chi connectivity index (χ0v) is 14.8. The van der Waals surface area contributed by atoms with Gasteiger partial charge in [-0.15, -0.1) is 10.2 Å². The van der Waals surface area contributed by atoms with Gasteiger partial charge in [0.1, 0.15) is 0 Å². The van der Waals surface area contributed by atoms with Gasteiger partial charge in [-0.1, -0.05) is 92.7 Å². The number of nitrogens with zero attached hydrogens (tertiary/aromatic N) is 3. The van der Waals surface area contributed by atoms with Crippen LogP contribution in [0.25, 0.3) is 22.5 Å². The van der Waals surface area contributed by atoms with E-state index in [1.807, 2.05) is 12.1 Å². The smallest absolute Gasteiger partial charge is 0.177 e. The summed E-state index contributed by atoms with van der Waals surface area (Å²) >= 11 is 0. The summed E-state index contributed by atoms with van der Waals surface area (Å²) in [5.74, 6) is 0.613. The molecule has 0 unspecified atom stereocenters. The predicted octanol–water partition coefficient (Wildman–Crippen LogP) is 4.86. The summed E-state index contributed by atoms with van der Waals surface area (Å²) in [4.78, 5) is 0. The molecule has 4 aromatic rings. The van der Waals surface area contributed by atoms with E-state index in [0.717, 1.165) is 5.56 Å². The van der Waals surface area contributed by atoms with Crippen molar-refractivity contribution in [2.45, 2.75) is 19.3 Å². The highest BCUT2D eigenvalue weighted by molar-refractivity contribution is 5.78. The molecule has 26 heavy (non-hydrogen) atoms. The molecule has 4 nitrogen and oxygen atoms in total. The molecule has 0 aliphatic rings. The lowest BCUT2D eigenvalue weighted by molar-refractivity contribution is 0.644. The van der Waals surface area contributed by atoms with E-state index in [-0.39, 0.29) is 5.41 Å². The van der Waals surface area contributed by atoms with Crippen molar-refractivity contribution in [3.63, 3.8) is 0 Å². The fourth-order valence-corrected chi connectivity index (χ4v) is 3.55. The standard InChI is InChI=1S/C22H20N4/c1-22(2,17-12-7-4-8-13-17)20-18(16-10-5-3-6-11-16)14-9-15-19(20)21-23-25-26-24-21/h3-15H,1-2H3,(H,23,24,25,26). The molecule has 0 saturated heterocycles. The maximum Gasteiger partial charge on any atom is 0.204 e. The lowest BCUT2D eigenvalue weighted by Gasteiger charge is -2.30. The van der Waals surface area contributed by atoms with Crippen molar-refractivity contribution in [3.05, 3.63) is 90.0 Å². The monoisotopic (exact) mass is 340 g/mol. The van der Waals surface area contributed by atoms with Crippen LogP contribution in [0.1, 0.15) is 25.0 Å². The molecule has 0 saturated carbocycles. The van der Waals surface area contributed by atoms with E-state index >= 15 is 0 Å². The molecule has 0 aliphatic carbocycles. The minimum Gasteiger partial charge on any atom is -0.177 e. The quantitative estimate of drug-likeness (QED) is 0.577. The molecule has 0 atom stereocenters. The van der Waals surface area contributed by atoms with Crippen LogP contribution in [0, 0.1) is 0 Å². The number of benzene rings is 3. The summed E-state index contributed by atoms with van der Waals surface area (Å²) in [5, 5.41) is 14.8. The number of aromatic nitrogens is 4. The number of hydrogen-bond donors (Lipinski definition) is 1. The zero-order valence-electron chi connectivity index (χ0n) is 14.8. The lowest BCUT2D eigenvalue weighted by atomic mass is 9.73. The molecule has 1 heterocycles. The van der Waals surface area contributed by atoms with Crippen LogP contribution in [0.4, 0.5) is 0 Å². The van der Waals surface area contributed by atoms with Crippen molar-refractivity contribution in [2.75, 3.05) is 0 Å². The Bertz CT molecular complexity index is 991. The van der Waals surface area contributed by atoms with E-state index in [4.69, 9.17) is 0 Å². The molecular weight excluding hydrogens is 320 g/mol. The highest BCUT2D eigenvalue weighted by Crippen LogP contribution is 2.42. The minimum atomic E-state index is -0.232. The Kier molecular flexibility index (Phi) is 4.09. The zero-order chi connectivity index (χ0) is 18.0. The second-order valence-electron chi connectivity index (χ2n) is 6.82. The Labute approximate surface area is 152 Å². The molecule has 0 bridgehead atoms. The molecule has 128 valence electrons. The van der Waals surface area contributed by atoms with E-state index in [9.17, 15) is 0 Å². The molecule has 0 fully saturated rings. The average Bonchev–Trinajstić information content (AvgIpc) is 3.23. The van der Waals surface area contributed by atoms with Crippen molar-refractivity contribution in [1.29, 1.82) is 0 Å². The molecule has 0 aliphatic heterocycles. The van der Waals surface area contributed by atoms with Gasteiger partial charge in [0.15, 0.2) is 0 Å². The first-order valence-electron chi connectivity index (χ1n) is 8.66. The first-order chi connectivity index (χ1) is 12.7. The molecule has 1 aromatic heterocycles. The molecule has 0 amide bonds. The largest absolute Gasteiger partial charge is 0.204 e. The number of rotatable bonds is 4. The molecular formula is C22H20N4. The molecule has 0 radical (unpaired) electrons. The van der Waals surface area contributed by atoms with E-state index in [1.165, 1.54) is 22.3 Å². The summed E-state index contributed by atoms with van der Waals surface area (Å²) in [7, 11) is 0. The number of tetrazole rings is 1. The summed E-state index contributed by atoms with van der Waals surface area (Å²) in [6, 6.07) is 27.3. The fourth-order valence-electron chi connectivity index (χ4n) is 3.55. The van der Waals surface area contributed by atoms with Gasteiger partial charge in [-0.05, 0) is 27.5 Å². The molecule has 0 spiro atoms. The summed E-state index contributed by atoms with van der Waals surface area (Å²) in [6.07, 6.45) is 0. The van der Waals surface area contributed by atoms with Crippen molar-refractivity contribution in [3.8, 4) is 22.5 Å². The van der Waals surface area contributed by atoms with E-state index in [0.29, 0.717) is 5.82 Å². The lowest BCUT2D eigenvalue weighted by Crippen LogP contribution is -2.21. The first kappa shape index (κ1) is 16.2. The normalized spacial score (nSPS) is 11.5. The van der Waals surface area contributed by atoms with Gasteiger partial charge in [0, 0.05) is 11.0 Å². The van der Waals surface area contributed by atoms with Crippen LogP contribution in [0.2, 0.25) is 0 Å². The van der Waals surface area contributed by atoms with Gasteiger partial charge in [-0.25, -0.2) is 0 Å². The first-order valence-corrected chi connectivity index (χ1v) is 8.66. The number of nitrogens with one attached hydrogen (secondary N) is 1. The molecule has 3 aromatic carbocycles. The predicted molar refractivity (Wildman–Crippen MR) is 104 cm³/mol. The van der Waals surface area contributed by atoms with Crippen LogP contribution < -0.4 is 0 Å². The van der Waals surface area contributed by atoms with Crippen molar-refractivity contribution in [1.82, 2.24) is 20.6 Å². The molecule has 4 heteroatoms. The van der Waals surface area contributed by atoms with Crippen LogP contribution in [-0.2, 0) is 5.41 Å². The highest BCUT2D eigenvalue weighted by atomic mass is 15.5. The van der Waals surface area contributed by atoms with E-state index in [1.54, 1.807) is 0 Å². The van der Waals surface area contributed by atoms with Gasteiger partial charge >= 0.3 is 0 Å². The summed E-state index contributed by atoms with van der Waals surface area (Å²) in [6.45, 7) is 4.49. The third-order valence-electron chi connectivity index (χ3n) is 4.86. The summed E-state index contributed by atoms with van der Waals surface area (Å²) in [5.41, 5.74) is 5.56.